The molecule has 2 nitrogen and oxygen atoms in total. The lowest BCUT2D eigenvalue weighted by atomic mass is 10.1. The monoisotopic (exact) mass is 229 g/mol. The fourth-order valence-corrected chi connectivity index (χ4v) is 1.91. The number of hydrogen-bond donors (Lipinski definition) is 1. The first-order chi connectivity index (χ1) is 8.34. The van der Waals surface area contributed by atoms with Gasteiger partial charge in [0.1, 0.15) is 5.76 Å². The molecule has 2 heteroatoms. The minimum atomic E-state index is 0.820. The van der Waals surface area contributed by atoms with Crippen molar-refractivity contribution in [1.29, 1.82) is 0 Å². The molecule has 1 N–H and O–H groups in total. The molecule has 90 valence electrons. The molecule has 1 heterocycles. The van der Waals surface area contributed by atoms with Crippen molar-refractivity contribution in [2.75, 3.05) is 6.54 Å². The molecule has 1 aromatic carbocycles. The number of furan rings is 1. The highest BCUT2D eigenvalue weighted by molar-refractivity contribution is 5.22. The molecule has 0 atom stereocenters. The summed E-state index contributed by atoms with van der Waals surface area (Å²) in [5, 5.41) is 3.38. The maximum Gasteiger partial charge on any atom is 0.117 e. The van der Waals surface area contributed by atoms with Gasteiger partial charge in [0.25, 0.3) is 0 Å². The van der Waals surface area contributed by atoms with Crippen LogP contribution in [0.5, 0.6) is 0 Å². The van der Waals surface area contributed by atoms with Gasteiger partial charge in [-0.05, 0) is 44.0 Å². The van der Waals surface area contributed by atoms with Crippen LogP contribution in [0.4, 0.5) is 0 Å². The van der Waals surface area contributed by atoms with E-state index in [1.165, 1.54) is 11.1 Å². The fraction of sp³-hybridized carbons (Fsp3) is 0.333. The van der Waals surface area contributed by atoms with E-state index >= 15 is 0 Å². The lowest BCUT2D eigenvalue weighted by Crippen LogP contribution is -2.14. The summed E-state index contributed by atoms with van der Waals surface area (Å²) in [5.41, 5.74) is 2.76. The summed E-state index contributed by atoms with van der Waals surface area (Å²) >= 11 is 0. The Kier molecular flexibility index (Phi) is 4.39. The van der Waals surface area contributed by atoms with E-state index in [9.17, 15) is 0 Å². The average molecular weight is 229 g/mol. The van der Waals surface area contributed by atoms with Gasteiger partial charge in [-0.1, -0.05) is 29.8 Å². The molecule has 0 amide bonds. The van der Waals surface area contributed by atoms with Gasteiger partial charge in [0, 0.05) is 0 Å². The number of rotatable bonds is 6. The maximum absolute atomic E-state index is 5.25. The van der Waals surface area contributed by atoms with Crippen LogP contribution < -0.4 is 5.32 Å². The molecule has 0 aliphatic rings. The maximum atomic E-state index is 5.25. The highest BCUT2D eigenvalue weighted by Crippen LogP contribution is 2.06. The molecule has 0 unspecified atom stereocenters. The zero-order valence-electron chi connectivity index (χ0n) is 10.3. The third kappa shape index (κ3) is 4.08. The third-order valence-electron chi connectivity index (χ3n) is 2.78. The average Bonchev–Trinajstić information content (AvgIpc) is 2.82. The van der Waals surface area contributed by atoms with E-state index in [1.54, 1.807) is 6.26 Å². The van der Waals surface area contributed by atoms with E-state index in [1.807, 2.05) is 12.1 Å². The Balaban J connectivity index is 1.63. The number of benzene rings is 1. The van der Waals surface area contributed by atoms with Gasteiger partial charge in [0.15, 0.2) is 0 Å². The lowest BCUT2D eigenvalue weighted by Gasteiger charge is -2.04. The lowest BCUT2D eigenvalue weighted by molar-refractivity contribution is 0.481. The molecule has 1 aromatic heterocycles. The van der Waals surface area contributed by atoms with Crippen LogP contribution in [-0.4, -0.2) is 6.54 Å². The van der Waals surface area contributed by atoms with Crippen molar-refractivity contribution in [2.24, 2.45) is 0 Å². The zero-order chi connectivity index (χ0) is 11.9. The van der Waals surface area contributed by atoms with Gasteiger partial charge >= 0.3 is 0 Å². The van der Waals surface area contributed by atoms with Gasteiger partial charge in [-0.15, -0.1) is 0 Å². The molecule has 0 aliphatic heterocycles. The quantitative estimate of drug-likeness (QED) is 0.769. The molecule has 2 aromatic rings. The van der Waals surface area contributed by atoms with Crippen molar-refractivity contribution in [3.63, 3.8) is 0 Å². The first-order valence-corrected chi connectivity index (χ1v) is 6.13. The highest BCUT2D eigenvalue weighted by Gasteiger charge is 1.96. The summed E-state index contributed by atoms with van der Waals surface area (Å²) < 4.78 is 5.25. The Morgan fingerprint density at radius 2 is 2.12 bits per heavy atom. The molecular formula is C15H19NO. The van der Waals surface area contributed by atoms with Crippen LogP contribution >= 0.6 is 0 Å². The topological polar surface area (TPSA) is 25.2 Å². The molecular weight excluding hydrogens is 210 g/mol. The Morgan fingerprint density at radius 3 is 2.88 bits per heavy atom. The van der Waals surface area contributed by atoms with Crippen molar-refractivity contribution < 1.29 is 4.42 Å². The Hall–Kier alpha value is -1.54. The summed E-state index contributed by atoms with van der Waals surface area (Å²) in [7, 11) is 0. The Morgan fingerprint density at radius 1 is 1.18 bits per heavy atom. The van der Waals surface area contributed by atoms with E-state index in [2.05, 4.69) is 36.5 Å². The van der Waals surface area contributed by atoms with E-state index in [-0.39, 0.29) is 0 Å². The summed E-state index contributed by atoms with van der Waals surface area (Å²) in [5.74, 6) is 1.00. The second-order valence-corrected chi connectivity index (χ2v) is 4.35. The summed E-state index contributed by atoms with van der Waals surface area (Å²) in [6, 6.07) is 12.6. The molecule has 0 radical (unpaired) electrons. The molecule has 17 heavy (non-hydrogen) atoms. The van der Waals surface area contributed by atoms with Crippen LogP contribution in [0.25, 0.3) is 0 Å². The predicted octanol–water partition coefficient (Wildman–Crippen LogP) is 3.31. The SMILES string of the molecule is Cc1cccc(CCCNCc2ccco2)c1. The molecule has 0 saturated heterocycles. The Bertz CT molecular complexity index is 434. The number of nitrogens with one attached hydrogen (secondary N) is 1. The van der Waals surface area contributed by atoms with Gasteiger partial charge in [-0.2, -0.15) is 0 Å². The van der Waals surface area contributed by atoms with Crippen LogP contribution in [0.15, 0.2) is 47.1 Å². The zero-order valence-corrected chi connectivity index (χ0v) is 10.3. The van der Waals surface area contributed by atoms with Gasteiger partial charge in [-0.25, -0.2) is 0 Å². The van der Waals surface area contributed by atoms with Crippen molar-refractivity contribution in [2.45, 2.75) is 26.3 Å². The van der Waals surface area contributed by atoms with Crippen LogP contribution in [0.3, 0.4) is 0 Å². The van der Waals surface area contributed by atoms with Crippen molar-refractivity contribution >= 4 is 0 Å². The van der Waals surface area contributed by atoms with Crippen LogP contribution in [0.1, 0.15) is 23.3 Å². The first-order valence-electron chi connectivity index (χ1n) is 6.13. The van der Waals surface area contributed by atoms with Gasteiger partial charge in [0.2, 0.25) is 0 Å². The smallest absolute Gasteiger partial charge is 0.117 e. The second kappa shape index (κ2) is 6.26. The third-order valence-corrected chi connectivity index (χ3v) is 2.78. The van der Waals surface area contributed by atoms with E-state index in [0.717, 1.165) is 31.7 Å². The number of hydrogen-bond acceptors (Lipinski definition) is 2. The van der Waals surface area contributed by atoms with Gasteiger partial charge < -0.3 is 9.73 Å². The summed E-state index contributed by atoms with van der Waals surface area (Å²) in [4.78, 5) is 0. The predicted molar refractivity (Wildman–Crippen MR) is 69.9 cm³/mol. The van der Waals surface area contributed by atoms with Gasteiger partial charge in [0.05, 0.1) is 12.8 Å². The van der Waals surface area contributed by atoms with Crippen LogP contribution in [0, 0.1) is 6.92 Å². The van der Waals surface area contributed by atoms with Crippen molar-refractivity contribution in [3.8, 4) is 0 Å². The highest BCUT2D eigenvalue weighted by atomic mass is 16.3. The van der Waals surface area contributed by atoms with E-state index in [0.29, 0.717) is 0 Å². The fourth-order valence-electron chi connectivity index (χ4n) is 1.91. The molecule has 0 fully saturated rings. The summed E-state index contributed by atoms with van der Waals surface area (Å²) in [6.07, 6.45) is 4.00. The molecule has 0 aliphatic carbocycles. The molecule has 2 rings (SSSR count). The van der Waals surface area contributed by atoms with Crippen LogP contribution in [-0.2, 0) is 13.0 Å². The molecule has 0 saturated carbocycles. The molecule has 0 spiro atoms. The van der Waals surface area contributed by atoms with Gasteiger partial charge in [-0.3, -0.25) is 0 Å². The number of aryl methyl sites for hydroxylation is 2. The first kappa shape index (κ1) is 11.9. The standard InChI is InChI=1S/C15H19NO/c1-13-5-2-6-14(11-13)7-3-9-16-12-15-8-4-10-17-15/h2,4-6,8,10-11,16H,3,7,9,12H2,1H3. The van der Waals surface area contributed by atoms with Crippen molar-refractivity contribution in [1.82, 2.24) is 5.32 Å². The largest absolute Gasteiger partial charge is 0.468 e. The van der Waals surface area contributed by atoms with Crippen LogP contribution in [0.2, 0.25) is 0 Å². The Labute approximate surface area is 103 Å². The second-order valence-electron chi connectivity index (χ2n) is 4.35. The van der Waals surface area contributed by atoms with Crippen molar-refractivity contribution in [3.05, 3.63) is 59.5 Å². The normalized spacial score (nSPS) is 10.6. The summed E-state index contributed by atoms with van der Waals surface area (Å²) in [6.45, 7) is 3.98. The van der Waals surface area contributed by atoms with E-state index < -0.39 is 0 Å². The van der Waals surface area contributed by atoms with E-state index in [4.69, 9.17) is 4.42 Å². The minimum Gasteiger partial charge on any atom is -0.468 e. The minimum absolute atomic E-state index is 0.820. The molecule has 0 bridgehead atoms.